The molecule has 1 heterocycles. The lowest BCUT2D eigenvalue weighted by molar-refractivity contribution is 0.378. The summed E-state index contributed by atoms with van der Waals surface area (Å²) in [4.78, 5) is 1.16. The third-order valence-electron chi connectivity index (χ3n) is 3.47. The first-order valence-corrected chi connectivity index (χ1v) is 5.86. The van der Waals surface area contributed by atoms with Gasteiger partial charge in [-0.05, 0) is 19.3 Å². The molecular formula is C12H13F5N2. The molecule has 2 N–H and O–H groups in total. The molecule has 0 amide bonds. The average molecular weight is 280 g/mol. The molecule has 0 bridgehead atoms. The van der Waals surface area contributed by atoms with Crippen LogP contribution in [0.15, 0.2) is 0 Å². The second kappa shape index (κ2) is 4.96. The Morgan fingerprint density at radius 2 is 1.47 bits per heavy atom. The molecule has 106 valence electrons. The van der Waals surface area contributed by atoms with E-state index in [1.54, 1.807) is 6.92 Å². The second-order valence-electron chi connectivity index (χ2n) is 4.77. The van der Waals surface area contributed by atoms with Gasteiger partial charge in [0.1, 0.15) is 5.69 Å². The van der Waals surface area contributed by atoms with Crippen LogP contribution in [0.4, 0.5) is 27.6 Å². The van der Waals surface area contributed by atoms with E-state index in [1.807, 2.05) is 0 Å². The van der Waals surface area contributed by atoms with Gasteiger partial charge in [0.25, 0.3) is 0 Å². The number of hydrogen-bond donors (Lipinski definition) is 1. The lowest BCUT2D eigenvalue weighted by Gasteiger charge is -2.21. The first-order valence-electron chi connectivity index (χ1n) is 5.86. The molecule has 1 aliphatic heterocycles. The molecule has 1 saturated heterocycles. The van der Waals surface area contributed by atoms with Crippen LogP contribution in [0.1, 0.15) is 13.3 Å². The van der Waals surface area contributed by atoms with Gasteiger partial charge in [-0.1, -0.05) is 0 Å². The molecular weight excluding hydrogens is 267 g/mol. The van der Waals surface area contributed by atoms with E-state index in [0.29, 0.717) is 6.42 Å². The van der Waals surface area contributed by atoms with Crippen molar-refractivity contribution in [2.45, 2.75) is 19.4 Å². The maximum absolute atomic E-state index is 13.6. The van der Waals surface area contributed by atoms with E-state index in [2.05, 4.69) is 0 Å². The Bertz CT molecular complexity index is 474. The van der Waals surface area contributed by atoms with Gasteiger partial charge in [0.15, 0.2) is 23.3 Å². The van der Waals surface area contributed by atoms with Crippen LogP contribution in [0.3, 0.4) is 0 Å². The van der Waals surface area contributed by atoms with Crippen molar-refractivity contribution in [1.29, 1.82) is 0 Å². The molecule has 0 aromatic heterocycles. The van der Waals surface area contributed by atoms with Crippen LogP contribution in [0.5, 0.6) is 0 Å². The minimum Gasteiger partial charge on any atom is -0.366 e. The third kappa shape index (κ3) is 2.27. The number of anilines is 1. The van der Waals surface area contributed by atoms with Crippen molar-refractivity contribution < 1.29 is 22.0 Å². The molecule has 2 nitrogen and oxygen atoms in total. The van der Waals surface area contributed by atoms with E-state index < -0.39 is 34.8 Å². The molecule has 2 rings (SSSR count). The molecule has 1 fully saturated rings. The number of nitrogens with two attached hydrogens (primary N) is 1. The molecule has 0 saturated carbocycles. The van der Waals surface area contributed by atoms with E-state index in [9.17, 15) is 22.0 Å². The third-order valence-corrected chi connectivity index (χ3v) is 3.47. The smallest absolute Gasteiger partial charge is 0.200 e. The normalized spacial score (nSPS) is 21.0. The Balaban J connectivity index is 2.42. The van der Waals surface area contributed by atoms with Gasteiger partial charge < -0.3 is 10.6 Å². The van der Waals surface area contributed by atoms with Gasteiger partial charge in [-0.2, -0.15) is 0 Å². The van der Waals surface area contributed by atoms with Crippen molar-refractivity contribution in [1.82, 2.24) is 0 Å². The number of rotatable bonds is 2. The summed E-state index contributed by atoms with van der Waals surface area (Å²) in [5, 5.41) is 0. The lowest BCUT2D eigenvalue weighted by Crippen LogP contribution is -2.30. The van der Waals surface area contributed by atoms with Crippen LogP contribution in [0, 0.1) is 35.0 Å². The van der Waals surface area contributed by atoms with Crippen LogP contribution in [-0.4, -0.2) is 19.1 Å². The van der Waals surface area contributed by atoms with Crippen LogP contribution < -0.4 is 10.6 Å². The topological polar surface area (TPSA) is 29.3 Å². The summed E-state index contributed by atoms with van der Waals surface area (Å²) in [6.45, 7) is 2.13. The Morgan fingerprint density at radius 3 is 1.89 bits per heavy atom. The molecule has 1 aromatic rings. The SMILES string of the molecule is CC(N)C1CCN(c2c(F)c(F)c(F)c(F)c2F)C1. The summed E-state index contributed by atoms with van der Waals surface area (Å²) in [7, 11) is 0. The van der Waals surface area contributed by atoms with E-state index in [4.69, 9.17) is 5.73 Å². The van der Waals surface area contributed by atoms with Crippen LogP contribution in [0.25, 0.3) is 0 Å². The van der Waals surface area contributed by atoms with Gasteiger partial charge in [0.2, 0.25) is 5.82 Å². The van der Waals surface area contributed by atoms with Gasteiger partial charge in [-0.25, -0.2) is 22.0 Å². The maximum atomic E-state index is 13.6. The largest absolute Gasteiger partial charge is 0.366 e. The monoisotopic (exact) mass is 280 g/mol. The molecule has 19 heavy (non-hydrogen) atoms. The minimum absolute atomic E-state index is 0.0324. The lowest BCUT2D eigenvalue weighted by atomic mass is 10.0. The first kappa shape index (κ1) is 14.0. The van der Waals surface area contributed by atoms with Gasteiger partial charge in [-0.15, -0.1) is 0 Å². The second-order valence-corrected chi connectivity index (χ2v) is 4.77. The van der Waals surface area contributed by atoms with Crippen molar-refractivity contribution in [3.05, 3.63) is 29.1 Å². The summed E-state index contributed by atoms with van der Waals surface area (Å²) in [5.74, 6) is -9.59. The Kier molecular flexibility index (Phi) is 3.66. The fourth-order valence-corrected chi connectivity index (χ4v) is 2.29. The molecule has 1 aliphatic rings. The number of hydrogen-bond acceptors (Lipinski definition) is 2. The first-order chi connectivity index (χ1) is 8.84. The van der Waals surface area contributed by atoms with Gasteiger partial charge in [0.05, 0.1) is 0 Å². The summed E-state index contributed by atoms with van der Waals surface area (Å²) in [6.07, 6.45) is 0.553. The fraction of sp³-hybridized carbons (Fsp3) is 0.500. The predicted molar refractivity (Wildman–Crippen MR) is 60.2 cm³/mol. The quantitative estimate of drug-likeness (QED) is 0.512. The molecule has 1 aromatic carbocycles. The van der Waals surface area contributed by atoms with Crippen molar-refractivity contribution in [3.63, 3.8) is 0 Å². The van der Waals surface area contributed by atoms with E-state index in [-0.39, 0.29) is 25.0 Å². The molecule has 0 radical (unpaired) electrons. The average Bonchev–Trinajstić information content (AvgIpc) is 2.84. The predicted octanol–water partition coefficient (Wildman–Crippen LogP) is 2.56. The molecule has 7 heteroatoms. The maximum Gasteiger partial charge on any atom is 0.200 e. The highest BCUT2D eigenvalue weighted by Crippen LogP contribution is 2.33. The Hall–Kier alpha value is -1.37. The van der Waals surface area contributed by atoms with E-state index in [0.717, 1.165) is 4.90 Å². The zero-order chi connectivity index (χ0) is 14.3. The van der Waals surface area contributed by atoms with Crippen molar-refractivity contribution in [3.8, 4) is 0 Å². The highest BCUT2D eigenvalue weighted by atomic mass is 19.2. The van der Waals surface area contributed by atoms with E-state index >= 15 is 0 Å². The zero-order valence-electron chi connectivity index (χ0n) is 10.2. The standard InChI is InChI=1S/C12H13F5N2/c1-5(18)6-2-3-19(4-6)12-10(16)8(14)7(13)9(15)11(12)17/h5-6H,2-4,18H2,1H3. The van der Waals surface area contributed by atoms with Gasteiger partial charge in [0, 0.05) is 19.1 Å². The van der Waals surface area contributed by atoms with Crippen molar-refractivity contribution >= 4 is 5.69 Å². The van der Waals surface area contributed by atoms with Crippen LogP contribution in [-0.2, 0) is 0 Å². The highest BCUT2D eigenvalue weighted by Gasteiger charge is 2.33. The van der Waals surface area contributed by atoms with Crippen LogP contribution >= 0.6 is 0 Å². The Labute approximate surface area is 107 Å². The fourth-order valence-electron chi connectivity index (χ4n) is 2.29. The number of benzene rings is 1. The summed E-state index contributed by atoms with van der Waals surface area (Å²) in [6, 6.07) is -0.203. The Morgan fingerprint density at radius 1 is 1.00 bits per heavy atom. The molecule has 0 spiro atoms. The number of halogens is 5. The summed E-state index contributed by atoms with van der Waals surface area (Å²) >= 11 is 0. The minimum atomic E-state index is -2.14. The van der Waals surface area contributed by atoms with Gasteiger partial charge >= 0.3 is 0 Å². The van der Waals surface area contributed by atoms with Crippen molar-refractivity contribution in [2.24, 2.45) is 11.7 Å². The number of nitrogens with zero attached hydrogens (tertiary/aromatic N) is 1. The summed E-state index contributed by atoms with van der Waals surface area (Å²) in [5.41, 5.74) is 4.81. The molecule has 0 aliphatic carbocycles. The highest BCUT2D eigenvalue weighted by molar-refractivity contribution is 5.51. The van der Waals surface area contributed by atoms with E-state index in [1.165, 1.54) is 0 Å². The van der Waals surface area contributed by atoms with Crippen molar-refractivity contribution in [2.75, 3.05) is 18.0 Å². The molecule has 2 atom stereocenters. The van der Waals surface area contributed by atoms with Crippen LogP contribution in [0.2, 0.25) is 0 Å². The van der Waals surface area contributed by atoms with Gasteiger partial charge in [-0.3, -0.25) is 0 Å². The molecule has 2 unspecified atom stereocenters. The summed E-state index contributed by atoms with van der Waals surface area (Å²) < 4.78 is 66.3. The zero-order valence-corrected chi connectivity index (χ0v) is 10.2.